The lowest BCUT2D eigenvalue weighted by atomic mass is 10.0. The summed E-state index contributed by atoms with van der Waals surface area (Å²) in [5.74, 6) is -1.17. The normalized spacial score (nSPS) is 11.3. The van der Waals surface area contributed by atoms with E-state index in [2.05, 4.69) is 10.1 Å². The van der Waals surface area contributed by atoms with Crippen LogP contribution in [0.3, 0.4) is 0 Å². The van der Waals surface area contributed by atoms with Crippen molar-refractivity contribution in [3.63, 3.8) is 0 Å². The average molecular weight is 366 g/mol. The molecule has 2 aromatic heterocycles. The first-order valence-corrected chi connectivity index (χ1v) is 8.49. The Morgan fingerprint density at radius 1 is 1.11 bits per heavy atom. The molecule has 0 amide bonds. The molecule has 0 fully saturated rings. The lowest BCUT2D eigenvalue weighted by Crippen LogP contribution is -2.23. The molecule has 0 saturated heterocycles. The molecule has 7 heteroatoms. The van der Waals surface area contributed by atoms with Crippen molar-refractivity contribution in [1.29, 1.82) is 0 Å². The molecule has 0 aliphatic heterocycles. The molecule has 0 N–H and O–H groups in total. The summed E-state index contributed by atoms with van der Waals surface area (Å²) in [5.41, 5.74) is 1.69. The van der Waals surface area contributed by atoms with Crippen molar-refractivity contribution in [3.8, 4) is 16.8 Å². The molecule has 0 bridgehead atoms. The molecule has 5 nitrogen and oxygen atoms in total. The third kappa shape index (κ3) is 2.91. The summed E-state index contributed by atoms with van der Waals surface area (Å²) in [6.07, 6.45) is 3.53. The number of hydrogen-bond acceptors (Lipinski definition) is 3. The third-order valence-electron chi connectivity index (χ3n) is 4.44. The van der Waals surface area contributed by atoms with E-state index in [1.165, 1.54) is 4.57 Å². The van der Waals surface area contributed by atoms with Crippen molar-refractivity contribution >= 4 is 10.9 Å². The summed E-state index contributed by atoms with van der Waals surface area (Å²) < 4.78 is 30.4. The van der Waals surface area contributed by atoms with E-state index >= 15 is 0 Å². The van der Waals surface area contributed by atoms with E-state index in [-0.39, 0.29) is 11.2 Å². The van der Waals surface area contributed by atoms with Crippen LogP contribution in [0, 0.1) is 18.6 Å². The van der Waals surface area contributed by atoms with Crippen LogP contribution >= 0.6 is 0 Å². The van der Waals surface area contributed by atoms with E-state index in [1.54, 1.807) is 23.9 Å². The molecule has 4 aromatic rings. The van der Waals surface area contributed by atoms with Gasteiger partial charge in [-0.25, -0.2) is 13.8 Å². The zero-order chi connectivity index (χ0) is 19.1. The van der Waals surface area contributed by atoms with Gasteiger partial charge in [0.1, 0.15) is 17.5 Å². The molecular weight excluding hydrogens is 350 g/mol. The largest absolute Gasteiger partial charge is 0.272 e. The van der Waals surface area contributed by atoms with E-state index in [0.29, 0.717) is 28.8 Å². The van der Waals surface area contributed by atoms with Gasteiger partial charge in [-0.1, -0.05) is 12.1 Å². The molecule has 0 aliphatic carbocycles. The summed E-state index contributed by atoms with van der Waals surface area (Å²) >= 11 is 0. The first kappa shape index (κ1) is 17.1. The number of aromatic nitrogens is 4. The maximum Gasteiger partial charge on any atom is 0.266 e. The van der Waals surface area contributed by atoms with Crippen LogP contribution < -0.4 is 5.56 Å². The highest BCUT2D eigenvalue weighted by Crippen LogP contribution is 2.26. The number of fused-ring (bicyclic) bond motifs is 1. The van der Waals surface area contributed by atoms with Gasteiger partial charge in [-0.05, 0) is 37.6 Å². The molecular formula is C20H16F2N4O. The maximum absolute atomic E-state index is 13.7. The fraction of sp³-hybridized carbons (Fsp3) is 0.150. The minimum atomic E-state index is -0.756. The molecule has 136 valence electrons. The van der Waals surface area contributed by atoms with Crippen molar-refractivity contribution in [1.82, 2.24) is 19.3 Å². The highest BCUT2D eigenvalue weighted by Gasteiger charge is 2.16. The second kappa shape index (κ2) is 6.42. The summed E-state index contributed by atoms with van der Waals surface area (Å²) in [5, 5.41) is 4.64. The van der Waals surface area contributed by atoms with Gasteiger partial charge < -0.3 is 0 Å². The monoisotopic (exact) mass is 366 g/mol. The second-order valence-corrected chi connectivity index (χ2v) is 6.21. The first-order valence-electron chi connectivity index (χ1n) is 8.49. The standard InChI is InChI=1S/C20H16F2N4O/c1-3-25-11-13(10-23-25)17-5-4-6-18-19(17)20(27)26(12(2)24-18)16-8-14(21)7-15(22)9-16/h4-11H,3H2,1-2H3. The summed E-state index contributed by atoms with van der Waals surface area (Å²) in [4.78, 5) is 17.8. The van der Waals surface area contributed by atoms with Gasteiger partial charge in [0.05, 0.1) is 22.8 Å². The lowest BCUT2D eigenvalue weighted by molar-refractivity contribution is 0.580. The fourth-order valence-corrected chi connectivity index (χ4v) is 3.23. The molecule has 0 atom stereocenters. The molecule has 0 spiro atoms. The molecule has 2 aromatic carbocycles. The second-order valence-electron chi connectivity index (χ2n) is 6.21. The Kier molecular flexibility index (Phi) is 4.07. The van der Waals surface area contributed by atoms with Gasteiger partial charge >= 0.3 is 0 Å². The number of hydrogen-bond donors (Lipinski definition) is 0. The van der Waals surface area contributed by atoms with Gasteiger partial charge in [0.2, 0.25) is 0 Å². The van der Waals surface area contributed by atoms with Crippen molar-refractivity contribution in [3.05, 3.63) is 76.6 Å². The van der Waals surface area contributed by atoms with E-state index in [9.17, 15) is 13.6 Å². The van der Waals surface area contributed by atoms with Crippen LogP contribution in [0.4, 0.5) is 8.78 Å². The summed E-state index contributed by atoms with van der Waals surface area (Å²) in [7, 11) is 0. The van der Waals surface area contributed by atoms with Crippen molar-refractivity contribution < 1.29 is 8.78 Å². The molecule has 0 radical (unpaired) electrons. The molecule has 4 rings (SSSR count). The van der Waals surface area contributed by atoms with Crippen LogP contribution in [-0.4, -0.2) is 19.3 Å². The van der Waals surface area contributed by atoms with E-state index in [0.717, 1.165) is 23.8 Å². The predicted octanol–water partition coefficient (Wildman–Crippen LogP) is 3.86. The average Bonchev–Trinajstić information content (AvgIpc) is 3.09. The highest BCUT2D eigenvalue weighted by atomic mass is 19.1. The zero-order valence-corrected chi connectivity index (χ0v) is 14.8. The van der Waals surface area contributed by atoms with Crippen LogP contribution in [0.25, 0.3) is 27.7 Å². The molecule has 0 saturated carbocycles. The lowest BCUT2D eigenvalue weighted by Gasteiger charge is -2.13. The quantitative estimate of drug-likeness (QED) is 0.553. The van der Waals surface area contributed by atoms with Crippen LogP contribution in [0.2, 0.25) is 0 Å². The van der Waals surface area contributed by atoms with Gasteiger partial charge in [0.15, 0.2) is 0 Å². The fourth-order valence-electron chi connectivity index (χ4n) is 3.23. The molecule has 0 unspecified atom stereocenters. The van der Waals surface area contributed by atoms with Crippen molar-refractivity contribution in [2.75, 3.05) is 0 Å². The SMILES string of the molecule is CCn1cc(-c2cccc3nc(C)n(-c4cc(F)cc(F)c4)c(=O)c23)cn1. The zero-order valence-electron chi connectivity index (χ0n) is 14.8. The first-order chi connectivity index (χ1) is 13.0. The van der Waals surface area contributed by atoms with Gasteiger partial charge in [0, 0.05) is 24.4 Å². The Hall–Kier alpha value is -3.35. The minimum Gasteiger partial charge on any atom is -0.272 e. The predicted molar refractivity (Wildman–Crippen MR) is 98.9 cm³/mol. The Labute approximate surface area is 153 Å². The number of nitrogens with zero attached hydrogens (tertiary/aromatic N) is 4. The number of rotatable bonds is 3. The summed E-state index contributed by atoms with van der Waals surface area (Å²) in [6.45, 7) is 4.30. The Morgan fingerprint density at radius 2 is 1.85 bits per heavy atom. The Bertz CT molecular complexity index is 1210. The number of benzene rings is 2. The number of halogens is 2. The smallest absolute Gasteiger partial charge is 0.266 e. The van der Waals surface area contributed by atoms with Gasteiger partial charge in [-0.3, -0.25) is 14.0 Å². The van der Waals surface area contributed by atoms with Crippen LogP contribution in [-0.2, 0) is 6.54 Å². The molecule has 2 heterocycles. The maximum atomic E-state index is 13.7. The highest BCUT2D eigenvalue weighted by molar-refractivity contribution is 5.93. The van der Waals surface area contributed by atoms with Crippen molar-refractivity contribution in [2.45, 2.75) is 20.4 Å². The van der Waals surface area contributed by atoms with E-state index < -0.39 is 11.6 Å². The van der Waals surface area contributed by atoms with Gasteiger partial charge in [0.25, 0.3) is 5.56 Å². The van der Waals surface area contributed by atoms with Crippen LogP contribution in [0.5, 0.6) is 0 Å². The van der Waals surface area contributed by atoms with E-state index in [4.69, 9.17) is 0 Å². The van der Waals surface area contributed by atoms with Crippen LogP contribution in [0.1, 0.15) is 12.7 Å². The van der Waals surface area contributed by atoms with E-state index in [1.807, 2.05) is 25.3 Å². The summed E-state index contributed by atoms with van der Waals surface area (Å²) in [6, 6.07) is 8.37. The third-order valence-corrected chi connectivity index (χ3v) is 4.44. The Morgan fingerprint density at radius 3 is 2.52 bits per heavy atom. The van der Waals surface area contributed by atoms with Crippen LogP contribution in [0.15, 0.2) is 53.6 Å². The van der Waals surface area contributed by atoms with Gasteiger partial charge in [-0.2, -0.15) is 5.10 Å². The minimum absolute atomic E-state index is 0.100. The molecule has 27 heavy (non-hydrogen) atoms. The molecule has 0 aliphatic rings. The van der Waals surface area contributed by atoms with Crippen molar-refractivity contribution in [2.24, 2.45) is 0 Å². The topological polar surface area (TPSA) is 52.7 Å². The number of aryl methyl sites for hydroxylation is 2. The van der Waals surface area contributed by atoms with Gasteiger partial charge in [-0.15, -0.1) is 0 Å². The Balaban J connectivity index is 2.05.